The summed E-state index contributed by atoms with van der Waals surface area (Å²) in [7, 11) is 0. The SMILES string of the molecule is CCOc1cc(Cl)c(C(N)c2ccc(C)o2)cc1Cl. The molecule has 0 fully saturated rings. The van der Waals surface area contributed by atoms with E-state index in [0.29, 0.717) is 33.7 Å². The number of benzene rings is 1. The summed E-state index contributed by atoms with van der Waals surface area (Å²) in [5, 5.41) is 0.995. The van der Waals surface area contributed by atoms with Crippen LogP contribution in [0, 0.1) is 6.92 Å². The first-order chi connectivity index (χ1) is 9.02. The molecule has 1 heterocycles. The first kappa shape index (κ1) is 14.3. The lowest BCUT2D eigenvalue weighted by molar-refractivity contribution is 0.340. The van der Waals surface area contributed by atoms with E-state index in [-0.39, 0.29) is 0 Å². The second-order valence-corrected chi connectivity index (χ2v) is 4.98. The third-order valence-corrected chi connectivity index (χ3v) is 3.38. The van der Waals surface area contributed by atoms with Crippen LogP contribution in [-0.2, 0) is 0 Å². The largest absolute Gasteiger partial charge is 0.492 e. The van der Waals surface area contributed by atoms with Crippen molar-refractivity contribution >= 4 is 23.2 Å². The quantitative estimate of drug-likeness (QED) is 0.913. The molecule has 19 heavy (non-hydrogen) atoms. The fraction of sp³-hybridized carbons (Fsp3) is 0.286. The van der Waals surface area contributed by atoms with E-state index < -0.39 is 6.04 Å². The van der Waals surface area contributed by atoms with E-state index in [0.717, 1.165) is 5.76 Å². The molecule has 0 radical (unpaired) electrons. The van der Waals surface area contributed by atoms with Gasteiger partial charge in [0.1, 0.15) is 17.3 Å². The van der Waals surface area contributed by atoms with Crippen LogP contribution in [0.5, 0.6) is 5.75 Å². The van der Waals surface area contributed by atoms with Gasteiger partial charge in [0.05, 0.1) is 17.7 Å². The number of hydrogen-bond donors (Lipinski definition) is 1. The maximum Gasteiger partial charge on any atom is 0.139 e. The van der Waals surface area contributed by atoms with Gasteiger partial charge < -0.3 is 14.9 Å². The molecule has 0 spiro atoms. The molecule has 3 nitrogen and oxygen atoms in total. The molecule has 0 saturated heterocycles. The number of rotatable bonds is 4. The summed E-state index contributed by atoms with van der Waals surface area (Å²) in [6.45, 7) is 4.28. The first-order valence-corrected chi connectivity index (χ1v) is 6.72. The highest BCUT2D eigenvalue weighted by Gasteiger charge is 2.18. The zero-order valence-electron chi connectivity index (χ0n) is 10.7. The molecule has 2 aromatic rings. The number of ether oxygens (including phenoxy) is 1. The number of aryl methyl sites for hydroxylation is 1. The van der Waals surface area contributed by atoms with Gasteiger partial charge in [0.25, 0.3) is 0 Å². The van der Waals surface area contributed by atoms with Crippen LogP contribution in [0.3, 0.4) is 0 Å². The third kappa shape index (κ3) is 3.06. The van der Waals surface area contributed by atoms with Gasteiger partial charge in [-0.1, -0.05) is 23.2 Å². The predicted octanol–water partition coefficient (Wildman–Crippen LogP) is 4.34. The van der Waals surface area contributed by atoms with Gasteiger partial charge >= 0.3 is 0 Å². The van der Waals surface area contributed by atoms with E-state index >= 15 is 0 Å². The molecule has 0 aliphatic carbocycles. The van der Waals surface area contributed by atoms with Gasteiger partial charge in [0, 0.05) is 11.1 Å². The molecule has 1 aromatic heterocycles. The van der Waals surface area contributed by atoms with Crippen molar-refractivity contribution in [1.82, 2.24) is 0 Å². The standard InChI is InChI=1S/C14H15Cl2NO2/c1-3-18-13-7-10(15)9(6-11(13)16)14(17)12-5-4-8(2)19-12/h4-7,14H,3,17H2,1-2H3. The molecule has 0 bridgehead atoms. The van der Waals surface area contributed by atoms with Crippen LogP contribution in [-0.4, -0.2) is 6.61 Å². The Balaban J connectivity index is 2.37. The smallest absolute Gasteiger partial charge is 0.139 e. The van der Waals surface area contributed by atoms with E-state index in [1.165, 1.54) is 0 Å². The van der Waals surface area contributed by atoms with Gasteiger partial charge in [-0.25, -0.2) is 0 Å². The molecule has 0 amide bonds. The highest BCUT2D eigenvalue weighted by atomic mass is 35.5. The predicted molar refractivity (Wildman–Crippen MR) is 77.1 cm³/mol. The monoisotopic (exact) mass is 299 g/mol. The summed E-state index contributed by atoms with van der Waals surface area (Å²) >= 11 is 12.4. The zero-order chi connectivity index (χ0) is 14.0. The van der Waals surface area contributed by atoms with Gasteiger partial charge in [-0.05, 0) is 37.6 Å². The Bertz CT molecular complexity index is 581. The fourth-order valence-corrected chi connectivity index (χ4v) is 2.32. The Hall–Kier alpha value is -1.16. The highest BCUT2D eigenvalue weighted by Crippen LogP contribution is 2.35. The van der Waals surface area contributed by atoms with Crippen LogP contribution in [0.15, 0.2) is 28.7 Å². The summed E-state index contributed by atoms with van der Waals surface area (Å²) in [5.41, 5.74) is 6.86. The minimum Gasteiger partial charge on any atom is -0.492 e. The van der Waals surface area contributed by atoms with Gasteiger partial charge in [0.15, 0.2) is 0 Å². The average molecular weight is 300 g/mol. The van der Waals surface area contributed by atoms with E-state index in [9.17, 15) is 0 Å². The van der Waals surface area contributed by atoms with Gasteiger partial charge in [-0.3, -0.25) is 0 Å². The lowest BCUT2D eigenvalue weighted by Crippen LogP contribution is -2.11. The molecule has 2 rings (SSSR count). The zero-order valence-corrected chi connectivity index (χ0v) is 12.3. The van der Waals surface area contributed by atoms with Crippen LogP contribution in [0.25, 0.3) is 0 Å². The second-order valence-electron chi connectivity index (χ2n) is 4.16. The summed E-state index contributed by atoms with van der Waals surface area (Å²) in [6.07, 6.45) is 0. The molecule has 2 N–H and O–H groups in total. The van der Waals surface area contributed by atoms with Gasteiger partial charge in [0.2, 0.25) is 0 Å². The highest BCUT2D eigenvalue weighted by molar-refractivity contribution is 6.34. The number of halogens is 2. The van der Waals surface area contributed by atoms with Crippen molar-refractivity contribution in [2.75, 3.05) is 6.61 Å². The summed E-state index contributed by atoms with van der Waals surface area (Å²) < 4.78 is 10.9. The molecule has 0 saturated carbocycles. The van der Waals surface area contributed by atoms with Crippen molar-refractivity contribution in [2.45, 2.75) is 19.9 Å². The molecule has 0 aliphatic heterocycles. The van der Waals surface area contributed by atoms with Crippen molar-refractivity contribution in [2.24, 2.45) is 5.73 Å². The molecule has 1 atom stereocenters. The minimum absolute atomic E-state index is 0.450. The van der Waals surface area contributed by atoms with Crippen LogP contribution in [0.4, 0.5) is 0 Å². The van der Waals surface area contributed by atoms with Crippen molar-refractivity contribution < 1.29 is 9.15 Å². The van der Waals surface area contributed by atoms with Crippen molar-refractivity contribution in [3.8, 4) is 5.75 Å². The number of furan rings is 1. The third-order valence-electron chi connectivity index (χ3n) is 2.75. The van der Waals surface area contributed by atoms with E-state index in [1.807, 2.05) is 26.0 Å². The fourth-order valence-electron chi connectivity index (χ4n) is 1.82. The summed E-state index contributed by atoms with van der Waals surface area (Å²) in [6, 6.07) is 6.64. The Labute approximate surface area is 122 Å². The Morgan fingerprint density at radius 2 is 2.00 bits per heavy atom. The normalized spacial score (nSPS) is 12.5. The lowest BCUT2D eigenvalue weighted by atomic mass is 10.1. The Morgan fingerprint density at radius 3 is 2.58 bits per heavy atom. The molecule has 5 heteroatoms. The van der Waals surface area contributed by atoms with E-state index in [4.69, 9.17) is 38.1 Å². The maximum absolute atomic E-state index is 6.23. The van der Waals surface area contributed by atoms with E-state index in [2.05, 4.69) is 0 Å². The first-order valence-electron chi connectivity index (χ1n) is 5.96. The van der Waals surface area contributed by atoms with E-state index in [1.54, 1.807) is 12.1 Å². The van der Waals surface area contributed by atoms with Crippen LogP contribution in [0.1, 0.15) is 30.0 Å². The van der Waals surface area contributed by atoms with Crippen molar-refractivity contribution in [1.29, 1.82) is 0 Å². The van der Waals surface area contributed by atoms with Crippen molar-refractivity contribution in [3.05, 3.63) is 51.4 Å². The topological polar surface area (TPSA) is 48.4 Å². The summed E-state index contributed by atoms with van der Waals surface area (Å²) in [5.74, 6) is 2.01. The molecular formula is C14H15Cl2NO2. The lowest BCUT2D eigenvalue weighted by Gasteiger charge is -2.14. The second kappa shape index (κ2) is 5.87. The Kier molecular flexibility index (Phi) is 4.40. The van der Waals surface area contributed by atoms with Crippen LogP contribution >= 0.6 is 23.2 Å². The van der Waals surface area contributed by atoms with Crippen LogP contribution in [0.2, 0.25) is 10.0 Å². The van der Waals surface area contributed by atoms with Gasteiger partial charge in [-0.15, -0.1) is 0 Å². The molecule has 1 aromatic carbocycles. The molecule has 0 aliphatic rings. The average Bonchev–Trinajstić information content (AvgIpc) is 2.79. The minimum atomic E-state index is -0.450. The van der Waals surface area contributed by atoms with Crippen molar-refractivity contribution in [3.63, 3.8) is 0 Å². The molecule has 1 unspecified atom stereocenters. The summed E-state index contributed by atoms with van der Waals surface area (Å²) in [4.78, 5) is 0. The van der Waals surface area contributed by atoms with Gasteiger partial charge in [-0.2, -0.15) is 0 Å². The van der Waals surface area contributed by atoms with Crippen LogP contribution < -0.4 is 10.5 Å². The number of hydrogen-bond acceptors (Lipinski definition) is 3. The molecular weight excluding hydrogens is 285 g/mol. The molecule has 102 valence electrons. The number of nitrogens with two attached hydrogens (primary N) is 1. The maximum atomic E-state index is 6.23. The Morgan fingerprint density at radius 1 is 1.26 bits per heavy atom.